The molecule has 1 rings (SSSR count). The van der Waals surface area contributed by atoms with Gasteiger partial charge in [0.2, 0.25) is 0 Å². The van der Waals surface area contributed by atoms with E-state index in [0.29, 0.717) is 5.92 Å². The number of aromatic nitrogens is 1. The summed E-state index contributed by atoms with van der Waals surface area (Å²) in [4.78, 5) is 3.16. The summed E-state index contributed by atoms with van der Waals surface area (Å²) in [5.41, 5.74) is 6.70. The molecule has 3 nitrogen and oxygen atoms in total. The molecule has 0 aromatic carbocycles. The van der Waals surface area contributed by atoms with Gasteiger partial charge in [0.25, 0.3) is 0 Å². The fourth-order valence-electron chi connectivity index (χ4n) is 1.32. The summed E-state index contributed by atoms with van der Waals surface area (Å²) in [6, 6.07) is 4.10. The van der Waals surface area contributed by atoms with Crippen LogP contribution >= 0.6 is 0 Å². The SMILES string of the molecule is CC(CCN)CNCc1ccc[nH]1. The van der Waals surface area contributed by atoms with Crippen LogP contribution in [0.4, 0.5) is 0 Å². The molecule has 1 heterocycles. The van der Waals surface area contributed by atoms with Crippen LogP contribution < -0.4 is 11.1 Å². The molecule has 4 N–H and O–H groups in total. The third-order valence-corrected chi connectivity index (χ3v) is 2.13. The monoisotopic (exact) mass is 181 g/mol. The first kappa shape index (κ1) is 10.3. The maximum Gasteiger partial charge on any atom is 0.0357 e. The van der Waals surface area contributed by atoms with E-state index in [0.717, 1.165) is 26.1 Å². The molecule has 13 heavy (non-hydrogen) atoms. The Morgan fingerprint density at radius 3 is 3.08 bits per heavy atom. The van der Waals surface area contributed by atoms with Crippen molar-refractivity contribution in [2.75, 3.05) is 13.1 Å². The number of hydrogen-bond acceptors (Lipinski definition) is 2. The summed E-state index contributed by atoms with van der Waals surface area (Å²) in [5.74, 6) is 0.667. The van der Waals surface area contributed by atoms with Gasteiger partial charge in [-0.1, -0.05) is 6.92 Å². The second kappa shape index (κ2) is 5.78. The van der Waals surface area contributed by atoms with Crippen molar-refractivity contribution in [1.29, 1.82) is 0 Å². The maximum atomic E-state index is 5.46. The van der Waals surface area contributed by atoms with Crippen molar-refractivity contribution in [3.8, 4) is 0 Å². The summed E-state index contributed by atoms with van der Waals surface area (Å²) < 4.78 is 0. The standard InChI is InChI=1S/C10H19N3/c1-9(4-5-11)7-12-8-10-3-2-6-13-10/h2-3,6,9,12-13H,4-5,7-8,11H2,1H3. The van der Waals surface area contributed by atoms with Crippen molar-refractivity contribution in [3.63, 3.8) is 0 Å². The molecule has 0 bridgehead atoms. The Hall–Kier alpha value is -0.800. The molecule has 3 heteroatoms. The van der Waals surface area contributed by atoms with Crippen molar-refractivity contribution >= 4 is 0 Å². The van der Waals surface area contributed by atoms with E-state index in [9.17, 15) is 0 Å². The van der Waals surface area contributed by atoms with Gasteiger partial charge >= 0.3 is 0 Å². The molecule has 0 aliphatic carbocycles. The van der Waals surface area contributed by atoms with Crippen molar-refractivity contribution in [2.45, 2.75) is 19.9 Å². The topological polar surface area (TPSA) is 53.8 Å². The van der Waals surface area contributed by atoms with Crippen LogP contribution in [0.25, 0.3) is 0 Å². The lowest BCUT2D eigenvalue weighted by Crippen LogP contribution is -2.22. The Kier molecular flexibility index (Phi) is 4.57. The van der Waals surface area contributed by atoms with Crippen LogP contribution in [0.3, 0.4) is 0 Å². The van der Waals surface area contributed by atoms with Crippen molar-refractivity contribution < 1.29 is 0 Å². The van der Waals surface area contributed by atoms with E-state index in [2.05, 4.69) is 23.3 Å². The average molecular weight is 181 g/mol. The molecule has 1 aromatic rings. The molecule has 0 fully saturated rings. The minimum Gasteiger partial charge on any atom is -0.364 e. The Morgan fingerprint density at radius 1 is 1.62 bits per heavy atom. The summed E-state index contributed by atoms with van der Waals surface area (Å²) in [6.07, 6.45) is 3.04. The fourth-order valence-corrected chi connectivity index (χ4v) is 1.32. The van der Waals surface area contributed by atoms with Gasteiger partial charge in [-0.25, -0.2) is 0 Å². The average Bonchev–Trinajstić information content (AvgIpc) is 2.57. The second-order valence-corrected chi connectivity index (χ2v) is 3.51. The van der Waals surface area contributed by atoms with E-state index >= 15 is 0 Å². The molecule has 74 valence electrons. The number of rotatable bonds is 6. The van der Waals surface area contributed by atoms with Gasteiger partial charge in [-0.2, -0.15) is 0 Å². The number of aromatic amines is 1. The highest BCUT2D eigenvalue weighted by Gasteiger charge is 1.99. The number of H-pyrrole nitrogens is 1. The van der Waals surface area contributed by atoms with Crippen LogP contribution in [0.15, 0.2) is 18.3 Å². The molecule has 1 atom stereocenters. The highest BCUT2D eigenvalue weighted by molar-refractivity contribution is 5.02. The molecule has 0 saturated carbocycles. The first-order valence-electron chi connectivity index (χ1n) is 4.86. The number of nitrogens with one attached hydrogen (secondary N) is 2. The lowest BCUT2D eigenvalue weighted by Gasteiger charge is -2.10. The Morgan fingerprint density at radius 2 is 2.46 bits per heavy atom. The van der Waals surface area contributed by atoms with E-state index in [4.69, 9.17) is 5.73 Å². The molecule has 0 aliphatic heterocycles. The van der Waals surface area contributed by atoms with Crippen LogP contribution in [0, 0.1) is 5.92 Å². The minimum atomic E-state index is 0.667. The van der Waals surface area contributed by atoms with Gasteiger partial charge in [0, 0.05) is 18.4 Å². The van der Waals surface area contributed by atoms with Gasteiger partial charge in [-0.3, -0.25) is 0 Å². The van der Waals surface area contributed by atoms with Crippen LogP contribution in [-0.4, -0.2) is 18.1 Å². The molecular formula is C10H19N3. The van der Waals surface area contributed by atoms with E-state index in [1.807, 2.05) is 12.3 Å². The van der Waals surface area contributed by atoms with Crippen LogP contribution in [0.5, 0.6) is 0 Å². The van der Waals surface area contributed by atoms with Gasteiger partial charge in [-0.05, 0) is 37.6 Å². The summed E-state index contributed by atoms with van der Waals surface area (Å²) in [7, 11) is 0. The molecule has 0 radical (unpaired) electrons. The number of nitrogens with two attached hydrogens (primary N) is 1. The van der Waals surface area contributed by atoms with Crippen LogP contribution in [0.2, 0.25) is 0 Å². The minimum absolute atomic E-state index is 0.667. The lowest BCUT2D eigenvalue weighted by molar-refractivity contribution is 0.485. The Labute approximate surface area is 79.7 Å². The molecule has 0 saturated heterocycles. The fraction of sp³-hybridized carbons (Fsp3) is 0.600. The highest BCUT2D eigenvalue weighted by atomic mass is 14.9. The zero-order chi connectivity index (χ0) is 9.52. The van der Waals surface area contributed by atoms with Crippen molar-refractivity contribution in [2.24, 2.45) is 11.7 Å². The van der Waals surface area contributed by atoms with Crippen LogP contribution in [-0.2, 0) is 6.54 Å². The van der Waals surface area contributed by atoms with Gasteiger partial charge in [0.1, 0.15) is 0 Å². The Balaban J connectivity index is 2.07. The summed E-state index contributed by atoms with van der Waals surface area (Å²) >= 11 is 0. The predicted molar refractivity (Wildman–Crippen MR) is 55.3 cm³/mol. The Bertz CT molecular complexity index is 206. The molecule has 1 aromatic heterocycles. The van der Waals surface area contributed by atoms with Crippen LogP contribution in [0.1, 0.15) is 19.0 Å². The molecule has 1 unspecified atom stereocenters. The van der Waals surface area contributed by atoms with Gasteiger partial charge in [-0.15, -0.1) is 0 Å². The maximum absolute atomic E-state index is 5.46. The van der Waals surface area contributed by atoms with E-state index in [-0.39, 0.29) is 0 Å². The van der Waals surface area contributed by atoms with Crippen molar-refractivity contribution in [3.05, 3.63) is 24.0 Å². The van der Waals surface area contributed by atoms with Gasteiger partial charge in [0.05, 0.1) is 0 Å². The van der Waals surface area contributed by atoms with Crippen molar-refractivity contribution in [1.82, 2.24) is 10.3 Å². The molecule has 0 spiro atoms. The van der Waals surface area contributed by atoms with Gasteiger partial charge in [0.15, 0.2) is 0 Å². The third kappa shape index (κ3) is 4.10. The summed E-state index contributed by atoms with van der Waals surface area (Å²) in [6.45, 7) is 4.96. The largest absolute Gasteiger partial charge is 0.364 e. The smallest absolute Gasteiger partial charge is 0.0357 e. The number of hydrogen-bond donors (Lipinski definition) is 3. The third-order valence-electron chi connectivity index (χ3n) is 2.13. The first-order chi connectivity index (χ1) is 6.33. The molecular weight excluding hydrogens is 162 g/mol. The summed E-state index contributed by atoms with van der Waals surface area (Å²) in [5, 5.41) is 3.39. The first-order valence-corrected chi connectivity index (χ1v) is 4.86. The molecule has 0 amide bonds. The van der Waals surface area contributed by atoms with E-state index in [1.165, 1.54) is 5.69 Å². The molecule has 0 aliphatic rings. The van der Waals surface area contributed by atoms with E-state index in [1.54, 1.807) is 0 Å². The van der Waals surface area contributed by atoms with Gasteiger partial charge < -0.3 is 16.0 Å². The lowest BCUT2D eigenvalue weighted by atomic mass is 10.1. The second-order valence-electron chi connectivity index (χ2n) is 3.51. The normalized spacial score (nSPS) is 13.1. The quantitative estimate of drug-likeness (QED) is 0.615. The highest BCUT2D eigenvalue weighted by Crippen LogP contribution is 1.98. The zero-order valence-corrected chi connectivity index (χ0v) is 8.22. The predicted octanol–water partition coefficient (Wildman–Crippen LogP) is 1.09. The zero-order valence-electron chi connectivity index (χ0n) is 8.22. The van der Waals surface area contributed by atoms with E-state index < -0.39 is 0 Å².